The van der Waals surface area contributed by atoms with Gasteiger partial charge in [-0.05, 0) is 6.92 Å². The van der Waals surface area contributed by atoms with Crippen molar-refractivity contribution < 1.29 is 14.2 Å². The fourth-order valence-corrected chi connectivity index (χ4v) is 1.96. The average molecular weight is 263 g/mol. The van der Waals surface area contributed by atoms with Gasteiger partial charge in [0.05, 0.1) is 12.1 Å². The molecule has 0 unspecified atom stereocenters. The zero-order valence-corrected chi connectivity index (χ0v) is 10.1. The summed E-state index contributed by atoms with van der Waals surface area (Å²) in [6, 6.07) is 0. The summed E-state index contributed by atoms with van der Waals surface area (Å²) in [5.41, 5.74) is 4.56. The van der Waals surface area contributed by atoms with Crippen molar-refractivity contribution in [3.63, 3.8) is 0 Å². The second-order valence-electron chi connectivity index (χ2n) is 3.09. The molecule has 1 aromatic rings. The molecule has 2 rings (SSSR count). The quantitative estimate of drug-likeness (QED) is 0.751. The lowest BCUT2D eigenvalue weighted by Gasteiger charge is -2.11. The van der Waals surface area contributed by atoms with E-state index in [1.807, 2.05) is 0 Å². The number of nitrogen functional groups attached to an aromatic ring is 1. The largest absolute Gasteiger partial charge is 0.397 e. The number of ether oxygens (including phenoxy) is 1. The van der Waals surface area contributed by atoms with Gasteiger partial charge in [0, 0.05) is 12.4 Å². The zero-order valence-electron chi connectivity index (χ0n) is 9.30. The number of halogens is 1. The van der Waals surface area contributed by atoms with Crippen molar-refractivity contribution in [1.29, 1.82) is 0 Å². The van der Waals surface area contributed by atoms with Crippen LogP contribution in [0.25, 0.3) is 0 Å². The van der Waals surface area contributed by atoms with Crippen molar-refractivity contribution in [3.8, 4) is 0 Å². The molecule has 1 saturated heterocycles. The van der Waals surface area contributed by atoms with Crippen molar-refractivity contribution >= 4 is 17.6 Å². The molecule has 2 heterocycles. The minimum atomic E-state index is -0.704. The Labute approximate surface area is 102 Å². The van der Waals surface area contributed by atoms with Crippen molar-refractivity contribution in [1.82, 2.24) is 9.55 Å². The molecule has 0 spiro atoms. The number of hydrogen-bond acceptors (Lipinski definition) is 6. The van der Waals surface area contributed by atoms with Crippen LogP contribution >= 0.6 is 11.8 Å². The summed E-state index contributed by atoms with van der Waals surface area (Å²) in [5.74, 6) is 0.0376. The third-order valence-corrected chi connectivity index (χ3v) is 2.67. The number of aliphatic hydroxyl groups is 1. The van der Waals surface area contributed by atoms with Crippen LogP contribution in [-0.2, 0) is 4.74 Å². The fourth-order valence-electron chi connectivity index (χ4n) is 1.15. The molecule has 8 heteroatoms. The van der Waals surface area contributed by atoms with E-state index in [9.17, 15) is 9.18 Å². The third-order valence-electron chi connectivity index (χ3n) is 1.85. The summed E-state index contributed by atoms with van der Waals surface area (Å²) in [4.78, 5) is 14.6. The summed E-state index contributed by atoms with van der Waals surface area (Å²) in [7, 11) is 0. The Morgan fingerprint density at radius 3 is 3.00 bits per heavy atom. The van der Waals surface area contributed by atoms with Gasteiger partial charge in [-0.15, -0.1) is 11.8 Å². The lowest BCUT2D eigenvalue weighted by molar-refractivity contribution is 0.0631. The van der Waals surface area contributed by atoms with Gasteiger partial charge < -0.3 is 15.6 Å². The zero-order chi connectivity index (χ0) is 12.8. The molecule has 1 aliphatic rings. The Balaban J connectivity index is 0.000000437. The van der Waals surface area contributed by atoms with E-state index in [1.165, 1.54) is 11.8 Å². The first-order chi connectivity index (χ1) is 8.10. The van der Waals surface area contributed by atoms with Crippen LogP contribution in [0.15, 0.2) is 11.0 Å². The minimum Gasteiger partial charge on any atom is -0.397 e. The highest BCUT2D eigenvalue weighted by Crippen LogP contribution is 2.23. The molecule has 6 nitrogen and oxygen atoms in total. The minimum absolute atomic E-state index is 0.250. The lowest BCUT2D eigenvalue weighted by atomic mass is 10.5. The van der Waals surface area contributed by atoms with E-state index >= 15 is 0 Å². The number of thioether (sulfide) groups is 1. The molecule has 1 fully saturated rings. The molecular formula is C9H14FN3O3S. The standard InChI is InChI=1S/C7H8FN3O2S.C2H6O/c8-4-1-11(5-2-14-3-13-5)7(12)10-6(4)9;1-2-3/h1,5H,2-3H2,(H2,9,10,12);3H,2H2,1H3/t5-;/m0./s1. The highest BCUT2D eigenvalue weighted by atomic mass is 32.2. The molecule has 3 N–H and O–H groups in total. The van der Waals surface area contributed by atoms with E-state index in [0.717, 1.165) is 10.8 Å². The van der Waals surface area contributed by atoms with Crippen LogP contribution in [0.5, 0.6) is 0 Å². The molecule has 17 heavy (non-hydrogen) atoms. The maximum atomic E-state index is 13.0. The van der Waals surface area contributed by atoms with Gasteiger partial charge in [-0.1, -0.05) is 0 Å². The van der Waals surface area contributed by atoms with E-state index in [0.29, 0.717) is 11.7 Å². The Kier molecular flexibility index (Phi) is 5.39. The fraction of sp³-hybridized carbons (Fsp3) is 0.556. The highest BCUT2D eigenvalue weighted by Gasteiger charge is 2.20. The molecule has 0 aliphatic carbocycles. The first kappa shape index (κ1) is 13.9. The number of aliphatic hydroxyl groups excluding tert-OH is 1. The Morgan fingerprint density at radius 2 is 2.47 bits per heavy atom. The van der Waals surface area contributed by atoms with Crippen molar-refractivity contribution in [2.24, 2.45) is 0 Å². The van der Waals surface area contributed by atoms with Gasteiger partial charge in [-0.25, -0.2) is 9.18 Å². The predicted octanol–water partition coefficient (Wildman–Crippen LogP) is 0.183. The lowest BCUT2D eigenvalue weighted by Crippen LogP contribution is -2.29. The second-order valence-corrected chi connectivity index (χ2v) is 4.07. The second kappa shape index (κ2) is 6.58. The van der Waals surface area contributed by atoms with Gasteiger partial charge in [0.2, 0.25) is 0 Å². The number of nitrogens with zero attached hydrogens (tertiary/aromatic N) is 2. The van der Waals surface area contributed by atoms with Crippen LogP contribution in [0.2, 0.25) is 0 Å². The van der Waals surface area contributed by atoms with Gasteiger partial charge in [-0.3, -0.25) is 4.57 Å². The number of hydrogen-bond donors (Lipinski definition) is 2. The van der Waals surface area contributed by atoms with Gasteiger partial charge in [0.25, 0.3) is 0 Å². The van der Waals surface area contributed by atoms with E-state index in [2.05, 4.69) is 4.98 Å². The summed E-state index contributed by atoms with van der Waals surface area (Å²) in [6.07, 6.45) is 0.594. The molecule has 0 amide bonds. The molecule has 0 aromatic carbocycles. The van der Waals surface area contributed by atoms with Crippen LogP contribution in [0.3, 0.4) is 0 Å². The summed E-state index contributed by atoms with van der Waals surface area (Å²) in [6.45, 7) is 1.93. The molecular weight excluding hydrogens is 249 g/mol. The molecule has 0 bridgehead atoms. The summed E-state index contributed by atoms with van der Waals surface area (Å²) < 4.78 is 19.3. The van der Waals surface area contributed by atoms with Gasteiger partial charge in [-0.2, -0.15) is 4.98 Å². The molecule has 1 atom stereocenters. The topological polar surface area (TPSA) is 90.4 Å². The first-order valence-electron chi connectivity index (χ1n) is 4.94. The van der Waals surface area contributed by atoms with Crippen LogP contribution < -0.4 is 11.4 Å². The monoisotopic (exact) mass is 263 g/mol. The molecule has 0 radical (unpaired) electrons. The predicted molar refractivity (Wildman–Crippen MR) is 63.1 cm³/mol. The Hall–Kier alpha value is -1.12. The van der Waals surface area contributed by atoms with Gasteiger partial charge in [0.1, 0.15) is 6.23 Å². The summed E-state index contributed by atoms with van der Waals surface area (Å²) >= 11 is 1.53. The summed E-state index contributed by atoms with van der Waals surface area (Å²) in [5, 5.41) is 7.57. The third kappa shape index (κ3) is 3.69. The SMILES string of the molecule is CCO.Nc1nc(=O)n([C@@H]2CSCO2)cc1F. The van der Waals surface area contributed by atoms with Crippen LogP contribution in [0, 0.1) is 5.82 Å². The van der Waals surface area contributed by atoms with E-state index < -0.39 is 17.7 Å². The number of anilines is 1. The number of nitrogens with two attached hydrogens (primary N) is 1. The van der Waals surface area contributed by atoms with E-state index in [4.69, 9.17) is 15.6 Å². The van der Waals surface area contributed by atoms with Gasteiger partial charge in [0.15, 0.2) is 11.6 Å². The highest BCUT2D eigenvalue weighted by molar-refractivity contribution is 7.99. The number of aromatic nitrogens is 2. The van der Waals surface area contributed by atoms with Crippen molar-refractivity contribution in [3.05, 3.63) is 22.5 Å². The van der Waals surface area contributed by atoms with Crippen LogP contribution in [0.4, 0.5) is 10.2 Å². The van der Waals surface area contributed by atoms with Crippen LogP contribution in [0.1, 0.15) is 13.2 Å². The molecule has 1 aliphatic heterocycles. The Bertz CT molecular complexity index is 420. The van der Waals surface area contributed by atoms with E-state index in [-0.39, 0.29) is 12.4 Å². The Morgan fingerprint density at radius 1 is 1.82 bits per heavy atom. The normalized spacial score (nSPS) is 18.6. The maximum absolute atomic E-state index is 13.0. The number of rotatable bonds is 1. The molecule has 96 valence electrons. The first-order valence-corrected chi connectivity index (χ1v) is 6.10. The average Bonchev–Trinajstić information content (AvgIpc) is 2.78. The van der Waals surface area contributed by atoms with Crippen molar-refractivity contribution in [2.45, 2.75) is 13.2 Å². The van der Waals surface area contributed by atoms with E-state index in [1.54, 1.807) is 6.92 Å². The van der Waals surface area contributed by atoms with Crippen molar-refractivity contribution in [2.75, 3.05) is 24.0 Å². The molecule has 1 aromatic heterocycles. The van der Waals surface area contributed by atoms with Gasteiger partial charge >= 0.3 is 5.69 Å². The van der Waals surface area contributed by atoms with Crippen LogP contribution in [-0.4, -0.2) is 33.0 Å². The smallest absolute Gasteiger partial charge is 0.351 e. The molecule has 0 saturated carbocycles. The maximum Gasteiger partial charge on any atom is 0.351 e.